The van der Waals surface area contributed by atoms with Crippen molar-refractivity contribution in [1.82, 2.24) is 9.80 Å². The van der Waals surface area contributed by atoms with Crippen molar-refractivity contribution >= 4 is 32.9 Å². The lowest BCUT2D eigenvalue weighted by Gasteiger charge is -2.32. The number of hydrogen-bond donors (Lipinski definition) is 1. The Morgan fingerprint density at radius 3 is 2.46 bits per heavy atom. The van der Waals surface area contributed by atoms with Crippen molar-refractivity contribution < 1.29 is 13.2 Å². The average Bonchev–Trinajstić information content (AvgIpc) is 2.88. The summed E-state index contributed by atoms with van der Waals surface area (Å²) in [4.78, 5) is 4.07. The molecular weight excluding hydrogens is 346 g/mol. The van der Waals surface area contributed by atoms with Crippen molar-refractivity contribution in [3.05, 3.63) is 24.3 Å². The Morgan fingerprint density at radius 2 is 1.96 bits per heavy atom. The van der Waals surface area contributed by atoms with Crippen LogP contribution < -0.4 is 10.1 Å². The van der Waals surface area contributed by atoms with Crippen molar-refractivity contribution in [3.63, 3.8) is 0 Å². The molecule has 0 aliphatic carbocycles. The van der Waals surface area contributed by atoms with Gasteiger partial charge in [-0.05, 0) is 57.0 Å². The molecule has 2 rings (SSSR count). The van der Waals surface area contributed by atoms with Gasteiger partial charge in [0.25, 0.3) is 0 Å². The molecule has 8 heteroatoms. The van der Waals surface area contributed by atoms with E-state index >= 15 is 0 Å². The molecule has 1 fully saturated rings. The second kappa shape index (κ2) is 8.13. The van der Waals surface area contributed by atoms with Crippen LogP contribution in [0.5, 0.6) is 5.75 Å². The first kappa shape index (κ1) is 19.0. The van der Waals surface area contributed by atoms with Crippen LogP contribution >= 0.6 is 12.2 Å². The van der Waals surface area contributed by atoms with Crippen LogP contribution in [0.15, 0.2) is 24.3 Å². The van der Waals surface area contributed by atoms with E-state index in [2.05, 4.69) is 10.2 Å². The van der Waals surface area contributed by atoms with Crippen LogP contribution in [0.2, 0.25) is 0 Å². The number of nitrogens with one attached hydrogen (secondary N) is 1. The van der Waals surface area contributed by atoms with Crippen molar-refractivity contribution in [2.45, 2.75) is 12.5 Å². The molecular formula is C16H25N3O3S2. The summed E-state index contributed by atoms with van der Waals surface area (Å²) in [7, 11) is 2.65. The second-order valence-electron chi connectivity index (χ2n) is 6.21. The Bertz CT molecular complexity index is 660. The Labute approximate surface area is 149 Å². The lowest BCUT2D eigenvalue weighted by Crippen LogP contribution is -2.46. The highest BCUT2D eigenvalue weighted by molar-refractivity contribution is 7.91. The minimum Gasteiger partial charge on any atom is -0.497 e. The SMILES string of the molecule is COc1ccc(NC(=S)N(CCN(C)C)[C@@H]2CCS(=O)(=O)C2)cc1. The fourth-order valence-corrected chi connectivity index (χ4v) is 4.74. The fraction of sp³-hybridized carbons (Fsp3) is 0.562. The van der Waals surface area contributed by atoms with Gasteiger partial charge in [0, 0.05) is 24.8 Å². The molecule has 1 aliphatic heterocycles. The zero-order chi connectivity index (χ0) is 17.7. The molecule has 0 bridgehead atoms. The molecule has 1 atom stereocenters. The van der Waals surface area contributed by atoms with Gasteiger partial charge in [-0.3, -0.25) is 0 Å². The maximum Gasteiger partial charge on any atom is 0.173 e. The van der Waals surface area contributed by atoms with Gasteiger partial charge < -0.3 is 19.9 Å². The fourth-order valence-electron chi connectivity index (χ4n) is 2.65. The molecule has 1 N–H and O–H groups in total. The number of nitrogens with zero attached hydrogens (tertiary/aromatic N) is 2. The molecule has 1 heterocycles. The first-order valence-corrected chi connectivity index (χ1v) is 10.1. The number of thiocarbonyl (C=S) groups is 1. The summed E-state index contributed by atoms with van der Waals surface area (Å²) >= 11 is 5.55. The molecule has 134 valence electrons. The van der Waals surface area contributed by atoms with Crippen LogP contribution in [0.25, 0.3) is 0 Å². The Morgan fingerprint density at radius 1 is 1.29 bits per heavy atom. The summed E-state index contributed by atoms with van der Waals surface area (Å²) in [6.07, 6.45) is 0.625. The van der Waals surface area contributed by atoms with E-state index in [4.69, 9.17) is 17.0 Å². The molecule has 1 aliphatic rings. The molecule has 6 nitrogen and oxygen atoms in total. The van der Waals surface area contributed by atoms with E-state index in [9.17, 15) is 8.42 Å². The zero-order valence-corrected chi connectivity index (χ0v) is 16.0. The first-order chi connectivity index (χ1) is 11.3. The number of hydrogen-bond acceptors (Lipinski definition) is 5. The van der Waals surface area contributed by atoms with Gasteiger partial charge >= 0.3 is 0 Å². The highest BCUT2D eigenvalue weighted by Crippen LogP contribution is 2.20. The van der Waals surface area contributed by atoms with Gasteiger partial charge in [0.1, 0.15) is 5.75 Å². The molecule has 1 aromatic rings. The number of ether oxygens (including phenoxy) is 1. The summed E-state index contributed by atoms with van der Waals surface area (Å²) in [5.41, 5.74) is 0.858. The summed E-state index contributed by atoms with van der Waals surface area (Å²) in [5, 5.41) is 3.77. The molecule has 1 aromatic carbocycles. The van der Waals surface area contributed by atoms with E-state index in [1.54, 1.807) is 7.11 Å². The van der Waals surface area contributed by atoms with Crippen LogP contribution in [-0.4, -0.2) is 75.2 Å². The maximum atomic E-state index is 11.8. The van der Waals surface area contributed by atoms with E-state index in [1.165, 1.54) is 0 Å². The third kappa shape index (κ3) is 5.32. The summed E-state index contributed by atoms with van der Waals surface area (Å²) in [6, 6.07) is 7.43. The molecule has 0 unspecified atom stereocenters. The van der Waals surface area contributed by atoms with Crippen LogP contribution in [0.4, 0.5) is 5.69 Å². The van der Waals surface area contributed by atoms with Crippen LogP contribution in [-0.2, 0) is 9.84 Å². The van der Waals surface area contributed by atoms with Gasteiger partial charge in [-0.2, -0.15) is 0 Å². The number of rotatable bonds is 6. The smallest absolute Gasteiger partial charge is 0.173 e. The number of sulfone groups is 1. The van der Waals surface area contributed by atoms with Gasteiger partial charge in [-0.25, -0.2) is 8.42 Å². The van der Waals surface area contributed by atoms with E-state index < -0.39 is 9.84 Å². The summed E-state index contributed by atoms with van der Waals surface area (Å²) in [6.45, 7) is 1.50. The third-order valence-electron chi connectivity index (χ3n) is 4.04. The van der Waals surface area contributed by atoms with Gasteiger partial charge in [-0.1, -0.05) is 0 Å². The Hall–Kier alpha value is -1.38. The average molecular weight is 372 g/mol. The minimum atomic E-state index is -2.95. The number of benzene rings is 1. The lowest BCUT2D eigenvalue weighted by molar-refractivity contribution is 0.289. The third-order valence-corrected chi connectivity index (χ3v) is 6.13. The van der Waals surface area contributed by atoms with Crippen LogP contribution in [0, 0.1) is 0 Å². The van der Waals surface area contributed by atoms with Gasteiger partial charge in [-0.15, -0.1) is 0 Å². The normalized spacial score (nSPS) is 19.2. The highest BCUT2D eigenvalue weighted by Gasteiger charge is 2.33. The van der Waals surface area contributed by atoms with Gasteiger partial charge in [0.15, 0.2) is 14.9 Å². The minimum absolute atomic E-state index is 0.0619. The number of likely N-dealkylation sites (N-methyl/N-ethyl adjacent to an activating group) is 1. The molecule has 0 amide bonds. The van der Waals surface area contributed by atoms with Crippen molar-refractivity contribution in [2.24, 2.45) is 0 Å². The van der Waals surface area contributed by atoms with Crippen LogP contribution in [0.3, 0.4) is 0 Å². The molecule has 0 aromatic heterocycles. The predicted molar refractivity (Wildman–Crippen MR) is 102 cm³/mol. The van der Waals surface area contributed by atoms with E-state index in [1.807, 2.05) is 43.3 Å². The molecule has 0 spiro atoms. The topological polar surface area (TPSA) is 61.9 Å². The first-order valence-electron chi connectivity index (χ1n) is 7.87. The van der Waals surface area contributed by atoms with Gasteiger partial charge in [0.05, 0.1) is 18.6 Å². The zero-order valence-electron chi connectivity index (χ0n) is 14.4. The molecule has 0 radical (unpaired) electrons. The van der Waals surface area contributed by atoms with Crippen LogP contribution in [0.1, 0.15) is 6.42 Å². The Balaban J connectivity index is 2.08. The standard InChI is InChI=1S/C16H25N3O3S2/c1-18(2)9-10-19(14-8-11-24(20,21)12-14)16(23)17-13-4-6-15(22-3)7-5-13/h4-7,14H,8-12H2,1-3H3,(H,17,23)/t14-/m1/s1. The monoisotopic (exact) mass is 371 g/mol. The van der Waals surface area contributed by atoms with E-state index in [0.717, 1.165) is 18.0 Å². The second-order valence-corrected chi connectivity index (χ2v) is 8.83. The number of anilines is 1. The van der Waals surface area contributed by atoms with Crippen molar-refractivity contribution in [1.29, 1.82) is 0 Å². The molecule has 1 saturated heterocycles. The van der Waals surface area contributed by atoms with E-state index in [0.29, 0.717) is 18.1 Å². The lowest BCUT2D eigenvalue weighted by atomic mass is 10.2. The summed E-state index contributed by atoms with van der Waals surface area (Å²) < 4.78 is 28.8. The summed E-state index contributed by atoms with van der Waals surface area (Å²) in [5.74, 6) is 1.18. The Kier molecular flexibility index (Phi) is 6.42. The molecule has 0 saturated carbocycles. The van der Waals surface area contributed by atoms with Gasteiger partial charge in [0.2, 0.25) is 0 Å². The van der Waals surface area contributed by atoms with Crippen molar-refractivity contribution in [2.75, 3.05) is 51.1 Å². The maximum absolute atomic E-state index is 11.8. The largest absolute Gasteiger partial charge is 0.497 e. The molecule has 24 heavy (non-hydrogen) atoms. The highest BCUT2D eigenvalue weighted by atomic mass is 32.2. The number of methoxy groups -OCH3 is 1. The van der Waals surface area contributed by atoms with E-state index in [-0.39, 0.29) is 17.5 Å². The van der Waals surface area contributed by atoms with Crippen molar-refractivity contribution in [3.8, 4) is 5.75 Å². The predicted octanol–water partition coefficient (Wildman–Crippen LogP) is 1.44. The quantitative estimate of drug-likeness (QED) is 0.759.